The van der Waals surface area contributed by atoms with E-state index in [1.165, 1.54) is 36.0 Å². The number of hydrogen-bond donors (Lipinski definition) is 1. The number of likely N-dealkylation sites (tertiary alicyclic amines) is 1. The maximum atomic E-state index is 13.0. The summed E-state index contributed by atoms with van der Waals surface area (Å²) in [5, 5.41) is 3.15. The molecule has 3 nitrogen and oxygen atoms in total. The predicted molar refractivity (Wildman–Crippen MR) is 97.3 cm³/mol. The third-order valence-corrected chi connectivity index (χ3v) is 5.33. The van der Waals surface area contributed by atoms with Crippen molar-refractivity contribution in [1.29, 1.82) is 0 Å². The molecule has 2 aliphatic heterocycles. The molecule has 24 heavy (non-hydrogen) atoms. The van der Waals surface area contributed by atoms with Gasteiger partial charge in [0.15, 0.2) is 0 Å². The number of aryl methyl sites for hydroxylation is 1. The van der Waals surface area contributed by atoms with Crippen LogP contribution in [0.15, 0.2) is 48.5 Å². The van der Waals surface area contributed by atoms with Crippen molar-refractivity contribution in [3.63, 3.8) is 0 Å². The molecule has 0 bridgehead atoms. The molecule has 0 unspecified atom stereocenters. The van der Waals surface area contributed by atoms with Gasteiger partial charge in [0, 0.05) is 11.6 Å². The van der Waals surface area contributed by atoms with Crippen molar-refractivity contribution >= 4 is 11.6 Å². The van der Waals surface area contributed by atoms with Gasteiger partial charge in [-0.05, 0) is 50.0 Å². The predicted octanol–water partition coefficient (Wildman–Crippen LogP) is 3.93. The van der Waals surface area contributed by atoms with Gasteiger partial charge in [0.25, 0.3) is 0 Å². The van der Waals surface area contributed by atoms with Crippen LogP contribution in [0.5, 0.6) is 0 Å². The molecule has 2 aromatic carbocycles. The van der Waals surface area contributed by atoms with Gasteiger partial charge in [0.1, 0.15) is 6.04 Å². The third kappa shape index (κ3) is 2.73. The van der Waals surface area contributed by atoms with Gasteiger partial charge < -0.3 is 5.32 Å². The summed E-state index contributed by atoms with van der Waals surface area (Å²) in [4.78, 5) is 15.4. The molecule has 1 N–H and O–H groups in total. The summed E-state index contributed by atoms with van der Waals surface area (Å²) in [6, 6.07) is 16.8. The topological polar surface area (TPSA) is 32.3 Å². The molecule has 0 radical (unpaired) electrons. The highest BCUT2D eigenvalue weighted by molar-refractivity contribution is 5.99. The van der Waals surface area contributed by atoms with Crippen LogP contribution >= 0.6 is 0 Å². The quantitative estimate of drug-likeness (QED) is 0.909. The van der Waals surface area contributed by atoms with Gasteiger partial charge in [-0.3, -0.25) is 9.69 Å². The molecule has 4 rings (SSSR count). The minimum Gasteiger partial charge on any atom is -0.324 e. The third-order valence-electron chi connectivity index (χ3n) is 5.33. The van der Waals surface area contributed by atoms with Crippen LogP contribution in [0.2, 0.25) is 0 Å². The van der Waals surface area contributed by atoms with Crippen molar-refractivity contribution in [2.75, 3.05) is 18.4 Å². The lowest BCUT2D eigenvalue weighted by Crippen LogP contribution is -2.52. The van der Waals surface area contributed by atoms with Crippen molar-refractivity contribution in [2.45, 2.75) is 38.1 Å². The Balaban J connectivity index is 1.83. The Labute approximate surface area is 143 Å². The smallest absolute Gasteiger partial charge is 0.242 e. The van der Waals surface area contributed by atoms with Crippen molar-refractivity contribution in [1.82, 2.24) is 4.90 Å². The summed E-state index contributed by atoms with van der Waals surface area (Å²) in [5.41, 5.74) is 4.68. The lowest BCUT2D eigenvalue weighted by atomic mass is 9.79. The normalized spacial score (nSPS) is 24.3. The van der Waals surface area contributed by atoms with Gasteiger partial charge in [0.2, 0.25) is 5.91 Å². The van der Waals surface area contributed by atoms with Crippen LogP contribution < -0.4 is 5.32 Å². The second-order valence-electron chi connectivity index (χ2n) is 7.01. The van der Waals surface area contributed by atoms with E-state index in [9.17, 15) is 4.79 Å². The number of hydrogen-bond acceptors (Lipinski definition) is 2. The molecular weight excluding hydrogens is 296 g/mol. The van der Waals surface area contributed by atoms with Gasteiger partial charge in [-0.15, -0.1) is 0 Å². The van der Waals surface area contributed by atoms with Gasteiger partial charge in [-0.1, -0.05) is 54.4 Å². The van der Waals surface area contributed by atoms with Crippen LogP contribution in [0, 0.1) is 6.92 Å². The molecule has 3 heteroatoms. The molecular formula is C21H24N2O. The number of fused-ring (bicyclic) bond motifs is 1. The first kappa shape index (κ1) is 15.4. The second-order valence-corrected chi connectivity index (χ2v) is 7.01. The molecule has 124 valence electrons. The van der Waals surface area contributed by atoms with Gasteiger partial charge in [-0.2, -0.15) is 0 Å². The van der Waals surface area contributed by atoms with Crippen molar-refractivity contribution < 1.29 is 4.79 Å². The standard InChI is InChI=1S/C21H24N2O/c1-15-10-11-18-17(14-15)19(16-8-4-2-5-9-16)20(21(24)22-18)23-12-6-3-7-13-23/h2,4-5,8-11,14,19-20H,3,6-7,12-13H2,1H3,(H,22,24)/t19-,20-/m1/s1. The van der Waals surface area contributed by atoms with E-state index in [0.717, 1.165) is 18.8 Å². The fourth-order valence-corrected chi connectivity index (χ4v) is 4.18. The molecule has 0 aliphatic carbocycles. The molecule has 0 saturated carbocycles. The summed E-state index contributed by atoms with van der Waals surface area (Å²) in [6.45, 7) is 4.15. The molecule has 1 saturated heterocycles. The number of anilines is 1. The van der Waals surface area contributed by atoms with E-state index in [1.807, 2.05) is 12.1 Å². The first-order chi connectivity index (χ1) is 11.7. The van der Waals surface area contributed by atoms with Crippen LogP contribution in [0.3, 0.4) is 0 Å². The minimum absolute atomic E-state index is 0.105. The fraction of sp³-hybridized carbons (Fsp3) is 0.381. The van der Waals surface area contributed by atoms with E-state index >= 15 is 0 Å². The Hall–Kier alpha value is -2.13. The van der Waals surface area contributed by atoms with E-state index in [1.54, 1.807) is 0 Å². The van der Waals surface area contributed by atoms with E-state index in [-0.39, 0.29) is 17.9 Å². The van der Waals surface area contributed by atoms with Crippen LogP contribution in [0.1, 0.15) is 41.9 Å². The van der Waals surface area contributed by atoms with E-state index in [0.29, 0.717) is 0 Å². The van der Waals surface area contributed by atoms with Crippen LogP contribution in [-0.4, -0.2) is 29.9 Å². The number of benzene rings is 2. The zero-order valence-electron chi connectivity index (χ0n) is 14.2. The molecule has 2 atom stereocenters. The largest absolute Gasteiger partial charge is 0.324 e. The maximum absolute atomic E-state index is 13.0. The average molecular weight is 320 g/mol. The molecule has 2 heterocycles. The zero-order valence-corrected chi connectivity index (χ0v) is 14.2. The lowest BCUT2D eigenvalue weighted by molar-refractivity contribution is -0.122. The number of piperidine rings is 1. The highest BCUT2D eigenvalue weighted by Gasteiger charge is 2.40. The number of nitrogens with one attached hydrogen (secondary N) is 1. The van der Waals surface area contributed by atoms with Gasteiger partial charge >= 0.3 is 0 Å². The molecule has 0 spiro atoms. The monoisotopic (exact) mass is 320 g/mol. The molecule has 0 aromatic heterocycles. The highest BCUT2D eigenvalue weighted by Crippen LogP contribution is 2.40. The Bertz CT molecular complexity index is 735. The number of rotatable bonds is 2. The first-order valence-corrected chi connectivity index (χ1v) is 8.94. The second kappa shape index (κ2) is 6.40. The fourth-order valence-electron chi connectivity index (χ4n) is 4.18. The average Bonchev–Trinajstić information content (AvgIpc) is 2.62. The number of carbonyl (C=O) groups excluding carboxylic acids is 1. The summed E-state index contributed by atoms with van der Waals surface area (Å²) < 4.78 is 0. The molecule has 2 aliphatic rings. The van der Waals surface area contributed by atoms with Crippen LogP contribution in [0.4, 0.5) is 5.69 Å². The van der Waals surface area contributed by atoms with Crippen molar-refractivity contribution in [3.05, 3.63) is 65.2 Å². The van der Waals surface area contributed by atoms with Crippen LogP contribution in [0.25, 0.3) is 0 Å². The molecule has 2 aromatic rings. The van der Waals surface area contributed by atoms with Gasteiger partial charge in [-0.25, -0.2) is 0 Å². The number of amides is 1. The summed E-state index contributed by atoms with van der Waals surface area (Å²) in [6.07, 6.45) is 3.65. The first-order valence-electron chi connectivity index (χ1n) is 8.94. The Kier molecular flexibility index (Phi) is 4.11. The number of carbonyl (C=O) groups is 1. The number of nitrogens with zero attached hydrogens (tertiary/aromatic N) is 1. The van der Waals surface area contributed by atoms with E-state index in [4.69, 9.17) is 0 Å². The summed E-state index contributed by atoms with van der Waals surface area (Å²) >= 11 is 0. The van der Waals surface area contributed by atoms with Crippen molar-refractivity contribution in [2.24, 2.45) is 0 Å². The van der Waals surface area contributed by atoms with Crippen LogP contribution in [-0.2, 0) is 4.79 Å². The summed E-state index contributed by atoms with van der Waals surface area (Å²) in [7, 11) is 0. The SMILES string of the molecule is Cc1ccc2c(c1)[C@@H](c1ccccc1)[C@@H](N1CCCCC1)C(=O)N2. The molecule has 1 amide bonds. The Morgan fingerprint density at radius 1 is 1.00 bits per heavy atom. The summed E-state index contributed by atoms with van der Waals surface area (Å²) in [5.74, 6) is 0.245. The van der Waals surface area contributed by atoms with E-state index in [2.05, 4.69) is 53.5 Å². The van der Waals surface area contributed by atoms with Crippen molar-refractivity contribution in [3.8, 4) is 0 Å². The molecule has 1 fully saturated rings. The lowest BCUT2D eigenvalue weighted by Gasteiger charge is -2.42. The zero-order chi connectivity index (χ0) is 16.5. The highest BCUT2D eigenvalue weighted by atomic mass is 16.2. The minimum atomic E-state index is -0.109. The van der Waals surface area contributed by atoms with Gasteiger partial charge in [0.05, 0.1) is 0 Å². The Morgan fingerprint density at radius 2 is 1.75 bits per heavy atom. The maximum Gasteiger partial charge on any atom is 0.242 e. The van der Waals surface area contributed by atoms with E-state index < -0.39 is 0 Å². The Morgan fingerprint density at radius 3 is 2.50 bits per heavy atom.